The van der Waals surface area contributed by atoms with Gasteiger partial charge in [-0.2, -0.15) is 0 Å². The molecule has 0 aromatic rings. The van der Waals surface area contributed by atoms with Crippen LogP contribution in [0.4, 0.5) is 0 Å². The highest BCUT2D eigenvalue weighted by Gasteiger charge is 2.29. The third-order valence-corrected chi connectivity index (χ3v) is 3.04. The predicted molar refractivity (Wildman–Crippen MR) is 50.6 cm³/mol. The van der Waals surface area contributed by atoms with Crippen LogP contribution in [0.3, 0.4) is 0 Å². The summed E-state index contributed by atoms with van der Waals surface area (Å²) in [6.07, 6.45) is 8.74. The zero-order chi connectivity index (χ0) is 8.32. The van der Waals surface area contributed by atoms with E-state index in [1.165, 1.54) is 38.5 Å². The molecule has 1 unspecified atom stereocenters. The van der Waals surface area contributed by atoms with E-state index < -0.39 is 0 Å². The van der Waals surface area contributed by atoms with Gasteiger partial charge >= 0.3 is 0 Å². The highest BCUT2D eigenvalue weighted by molar-refractivity contribution is 4.81. The largest absolute Gasteiger partial charge is 0.0654 e. The van der Waals surface area contributed by atoms with Gasteiger partial charge in [-0.25, -0.2) is 0 Å². The summed E-state index contributed by atoms with van der Waals surface area (Å²) in [5, 5.41) is 0. The van der Waals surface area contributed by atoms with E-state index in [4.69, 9.17) is 0 Å². The van der Waals surface area contributed by atoms with E-state index in [0.29, 0.717) is 5.41 Å². The fourth-order valence-electron chi connectivity index (χ4n) is 2.32. The summed E-state index contributed by atoms with van der Waals surface area (Å²) in [5.74, 6) is 1.06. The van der Waals surface area contributed by atoms with Crippen LogP contribution in [0, 0.1) is 11.3 Å². The third-order valence-electron chi connectivity index (χ3n) is 3.04. The molecule has 0 N–H and O–H groups in total. The first-order valence-corrected chi connectivity index (χ1v) is 5.14. The van der Waals surface area contributed by atoms with Crippen LogP contribution in [0.1, 0.15) is 59.3 Å². The lowest BCUT2D eigenvalue weighted by Crippen LogP contribution is -2.04. The molecular weight excluding hydrogens is 132 g/mol. The first-order chi connectivity index (χ1) is 5.14. The summed E-state index contributed by atoms with van der Waals surface area (Å²) in [4.78, 5) is 0. The minimum absolute atomic E-state index is 0.665. The fourth-order valence-corrected chi connectivity index (χ4v) is 2.32. The van der Waals surface area contributed by atoms with E-state index in [1.807, 2.05) is 0 Å². The summed E-state index contributed by atoms with van der Waals surface area (Å²) in [7, 11) is 0. The molecule has 11 heavy (non-hydrogen) atoms. The van der Waals surface area contributed by atoms with Crippen LogP contribution in [0.25, 0.3) is 0 Å². The second-order valence-electron chi connectivity index (χ2n) is 4.92. The minimum Gasteiger partial charge on any atom is -0.0654 e. The van der Waals surface area contributed by atoms with Crippen LogP contribution < -0.4 is 0 Å². The van der Waals surface area contributed by atoms with E-state index in [2.05, 4.69) is 20.8 Å². The summed E-state index contributed by atoms with van der Waals surface area (Å²) < 4.78 is 0. The Morgan fingerprint density at radius 3 is 2.55 bits per heavy atom. The lowest BCUT2D eigenvalue weighted by molar-refractivity contribution is 0.351. The van der Waals surface area contributed by atoms with Gasteiger partial charge in [0.25, 0.3) is 0 Å². The number of hydrogen-bond donors (Lipinski definition) is 0. The zero-order valence-electron chi connectivity index (χ0n) is 8.32. The van der Waals surface area contributed by atoms with Crippen molar-refractivity contribution in [2.45, 2.75) is 59.3 Å². The van der Waals surface area contributed by atoms with Crippen molar-refractivity contribution in [1.82, 2.24) is 0 Å². The standard InChI is InChI=1S/C11H22/c1-4-5-6-10-7-8-11(2,3)9-10/h10H,4-9H2,1-3H3. The third kappa shape index (κ3) is 2.84. The first kappa shape index (κ1) is 9.09. The molecule has 1 aliphatic rings. The van der Waals surface area contributed by atoms with Crippen LogP contribution in [-0.4, -0.2) is 0 Å². The normalized spacial score (nSPS) is 29.2. The molecular formula is C11H22. The summed E-state index contributed by atoms with van der Waals surface area (Å²) in [6.45, 7) is 7.12. The van der Waals surface area contributed by atoms with Crippen molar-refractivity contribution in [2.75, 3.05) is 0 Å². The molecule has 0 radical (unpaired) electrons. The van der Waals surface area contributed by atoms with Crippen molar-refractivity contribution in [3.8, 4) is 0 Å². The Bertz CT molecular complexity index is 113. The Hall–Kier alpha value is 0. The van der Waals surface area contributed by atoms with Crippen LogP contribution >= 0.6 is 0 Å². The van der Waals surface area contributed by atoms with Crippen molar-refractivity contribution < 1.29 is 0 Å². The first-order valence-electron chi connectivity index (χ1n) is 5.14. The van der Waals surface area contributed by atoms with E-state index in [0.717, 1.165) is 5.92 Å². The topological polar surface area (TPSA) is 0 Å². The van der Waals surface area contributed by atoms with Crippen molar-refractivity contribution in [3.05, 3.63) is 0 Å². The van der Waals surface area contributed by atoms with Gasteiger partial charge < -0.3 is 0 Å². The van der Waals surface area contributed by atoms with Crippen molar-refractivity contribution in [3.63, 3.8) is 0 Å². The van der Waals surface area contributed by atoms with E-state index in [-0.39, 0.29) is 0 Å². The molecule has 0 saturated heterocycles. The molecule has 0 spiro atoms. The second-order valence-corrected chi connectivity index (χ2v) is 4.92. The molecule has 0 aliphatic heterocycles. The SMILES string of the molecule is CCCCC1CCC(C)(C)C1. The van der Waals surface area contributed by atoms with Gasteiger partial charge in [0.1, 0.15) is 0 Å². The van der Waals surface area contributed by atoms with Crippen LogP contribution in [0.2, 0.25) is 0 Å². The van der Waals surface area contributed by atoms with Gasteiger partial charge in [-0.15, -0.1) is 0 Å². The molecule has 0 aromatic carbocycles. The Balaban J connectivity index is 2.20. The van der Waals surface area contributed by atoms with Gasteiger partial charge in [-0.3, -0.25) is 0 Å². The molecule has 66 valence electrons. The average Bonchev–Trinajstić information content (AvgIpc) is 2.26. The maximum absolute atomic E-state index is 2.42. The minimum atomic E-state index is 0.665. The molecule has 1 fully saturated rings. The van der Waals surface area contributed by atoms with Crippen LogP contribution in [0.15, 0.2) is 0 Å². The summed E-state index contributed by atoms with van der Waals surface area (Å²) in [5.41, 5.74) is 0.665. The highest BCUT2D eigenvalue weighted by Crippen LogP contribution is 2.42. The maximum atomic E-state index is 2.42. The van der Waals surface area contributed by atoms with Gasteiger partial charge in [-0.1, -0.05) is 40.0 Å². The molecule has 0 bridgehead atoms. The van der Waals surface area contributed by atoms with Crippen molar-refractivity contribution in [1.29, 1.82) is 0 Å². The van der Waals surface area contributed by atoms with Gasteiger partial charge in [0.15, 0.2) is 0 Å². The van der Waals surface area contributed by atoms with Gasteiger partial charge in [0, 0.05) is 0 Å². The average molecular weight is 154 g/mol. The van der Waals surface area contributed by atoms with Gasteiger partial charge in [-0.05, 0) is 30.6 Å². The molecule has 0 heterocycles. The van der Waals surface area contributed by atoms with Gasteiger partial charge in [0.2, 0.25) is 0 Å². The number of rotatable bonds is 3. The lowest BCUT2D eigenvalue weighted by Gasteiger charge is -2.16. The quantitative estimate of drug-likeness (QED) is 0.576. The Labute approximate surface area is 71.4 Å². The molecule has 1 aliphatic carbocycles. The van der Waals surface area contributed by atoms with E-state index in [1.54, 1.807) is 0 Å². The Kier molecular flexibility index (Phi) is 2.98. The number of hydrogen-bond acceptors (Lipinski definition) is 0. The molecule has 1 atom stereocenters. The predicted octanol–water partition coefficient (Wildman–Crippen LogP) is 4.00. The zero-order valence-corrected chi connectivity index (χ0v) is 8.32. The molecule has 0 amide bonds. The van der Waals surface area contributed by atoms with Crippen LogP contribution in [-0.2, 0) is 0 Å². The molecule has 0 aromatic heterocycles. The maximum Gasteiger partial charge on any atom is -0.0351 e. The van der Waals surface area contributed by atoms with Crippen LogP contribution in [0.5, 0.6) is 0 Å². The Morgan fingerprint density at radius 2 is 2.09 bits per heavy atom. The monoisotopic (exact) mass is 154 g/mol. The molecule has 0 nitrogen and oxygen atoms in total. The fraction of sp³-hybridized carbons (Fsp3) is 1.00. The van der Waals surface area contributed by atoms with E-state index in [9.17, 15) is 0 Å². The van der Waals surface area contributed by atoms with Crippen molar-refractivity contribution in [2.24, 2.45) is 11.3 Å². The summed E-state index contributed by atoms with van der Waals surface area (Å²) >= 11 is 0. The molecule has 0 heteroatoms. The molecule has 1 rings (SSSR count). The summed E-state index contributed by atoms with van der Waals surface area (Å²) in [6, 6.07) is 0. The Morgan fingerprint density at radius 1 is 1.36 bits per heavy atom. The van der Waals surface area contributed by atoms with Gasteiger partial charge in [0.05, 0.1) is 0 Å². The second kappa shape index (κ2) is 3.60. The lowest BCUT2D eigenvalue weighted by atomic mass is 9.89. The smallest absolute Gasteiger partial charge is 0.0351 e. The van der Waals surface area contributed by atoms with Crippen molar-refractivity contribution >= 4 is 0 Å². The number of unbranched alkanes of at least 4 members (excludes halogenated alkanes) is 1. The molecule has 1 saturated carbocycles. The van der Waals surface area contributed by atoms with E-state index >= 15 is 0 Å². The highest BCUT2D eigenvalue weighted by atomic mass is 14.3.